The van der Waals surface area contributed by atoms with Crippen molar-refractivity contribution in [3.63, 3.8) is 0 Å². The summed E-state index contributed by atoms with van der Waals surface area (Å²) in [5.74, 6) is -1.52. The van der Waals surface area contributed by atoms with Gasteiger partial charge in [-0.2, -0.15) is 0 Å². The van der Waals surface area contributed by atoms with E-state index in [4.69, 9.17) is 9.84 Å². The number of amides is 1. The van der Waals surface area contributed by atoms with E-state index in [2.05, 4.69) is 11.9 Å². The summed E-state index contributed by atoms with van der Waals surface area (Å²) in [6, 6.07) is 4.44. The summed E-state index contributed by atoms with van der Waals surface area (Å²) in [4.78, 5) is 22.1. The zero-order valence-electron chi connectivity index (χ0n) is 10.1. The molecule has 0 saturated heterocycles. The molecule has 0 spiro atoms. The van der Waals surface area contributed by atoms with Crippen LogP contribution in [0.3, 0.4) is 0 Å². The third-order valence-corrected chi connectivity index (χ3v) is 2.28. The lowest BCUT2D eigenvalue weighted by molar-refractivity contribution is -0.137. The lowest BCUT2D eigenvalue weighted by atomic mass is 10.0. The number of carboxylic acid groups (broad SMARTS) is 1. The zero-order valence-corrected chi connectivity index (χ0v) is 10.1. The molecule has 1 aromatic carbocycles. The smallest absolute Gasteiger partial charge is 0.407 e. The van der Waals surface area contributed by atoms with Gasteiger partial charge in [-0.25, -0.2) is 9.18 Å². The molecule has 0 radical (unpaired) electrons. The first kappa shape index (κ1) is 14.7. The van der Waals surface area contributed by atoms with Gasteiger partial charge < -0.3 is 15.2 Å². The maximum Gasteiger partial charge on any atom is 0.407 e. The molecule has 5 nitrogen and oxygen atoms in total. The lowest BCUT2D eigenvalue weighted by Crippen LogP contribution is -2.30. The Morgan fingerprint density at radius 1 is 1.42 bits per heavy atom. The van der Waals surface area contributed by atoms with Gasteiger partial charge in [-0.1, -0.05) is 24.8 Å². The molecule has 0 heterocycles. The molecule has 102 valence electrons. The van der Waals surface area contributed by atoms with Crippen molar-refractivity contribution in [1.82, 2.24) is 5.32 Å². The number of ether oxygens (including phenoxy) is 1. The topological polar surface area (TPSA) is 75.6 Å². The summed E-state index contributed by atoms with van der Waals surface area (Å²) >= 11 is 0. The minimum Gasteiger partial charge on any atom is -0.481 e. The van der Waals surface area contributed by atoms with Gasteiger partial charge in [0.25, 0.3) is 0 Å². The predicted molar refractivity (Wildman–Crippen MR) is 66.1 cm³/mol. The molecular formula is C13H14FNO4. The van der Waals surface area contributed by atoms with Crippen molar-refractivity contribution in [2.45, 2.75) is 12.5 Å². The fraction of sp³-hybridized carbons (Fsp3) is 0.231. The second-order valence-electron chi connectivity index (χ2n) is 3.73. The van der Waals surface area contributed by atoms with E-state index < -0.39 is 23.9 Å². The van der Waals surface area contributed by atoms with E-state index in [0.29, 0.717) is 5.56 Å². The van der Waals surface area contributed by atoms with Gasteiger partial charge in [0, 0.05) is 0 Å². The number of alkyl carbamates (subject to hydrolysis) is 1. The van der Waals surface area contributed by atoms with Crippen LogP contribution in [0.15, 0.2) is 36.9 Å². The Bertz CT molecular complexity index is 458. The van der Waals surface area contributed by atoms with Crippen LogP contribution in [-0.2, 0) is 9.53 Å². The Morgan fingerprint density at radius 2 is 2.05 bits per heavy atom. The highest BCUT2D eigenvalue weighted by Crippen LogP contribution is 2.17. The van der Waals surface area contributed by atoms with E-state index in [0.717, 1.165) is 0 Å². The number of nitrogens with one attached hydrogen (secondary N) is 1. The van der Waals surface area contributed by atoms with Crippen molar-refractivity contribution >= 4 is 12.1 Å². The highest BCUT2D eigenvalue weighted by molar-refractivity contribution is 5.72. The molecule has 19 heavy (non-hydrogen) atoms. The van der Waals surface area contributed by atoms with Crippen LogP contribution in [0.2, 0.25) is 0 Å². The summed E-state index contributed by atoms with van der Waals surface area (Å²) in [5.41, 5.74) is 0.486. The van der Waals surface area contributed by atoms with Crippen LogP contribution in [0.5, 0.6) is 0 Å². The SMILES string of the molecule is C=CCOC(=O)N[C@H](CC(=O)O)c1ccc(F)cc1. The summed E-state index contributed by atoms with van der Waals surface area (Å²) < 4.78 is 17.5. The van der Waals surface area contributed by atoms with E-state index in [-0.39, 0.29) is 13.0 Å². The first-order valence-electron chi connectivity index (χ1n) is 5.54. The number of rotatable bonds is 6. The minimum atomic E-state index is -1.08. The molecule has 0 fully saturated rings. The van der Waals surface area contributed by atoms with Crippen LogP contribution < -0.4 is 5.32 Å². The first-order chi connectivity index (χ1) is 9.02. The Kier molecular flexibility index (Phi) is 5.53. The van der Waals surface area contributed by atoms with Gasteiger partial charge in [0.05, 0.1) is 12.5 Å². The molecule has 6 heteroatoms. The molecule has 1 aromatic rings. The summed E-state index contributed by atoms with van der Waals surface area (Å²) in [6.45, 7) is 3.41. The first-order valence-corrected chi connectivity index (χ1v) is 5.54. The normalized spacial score (nSPS) is 11.4. The lowest BCUT2D eigenvalue weighted by Gasteiger charge is -2.17. The molecule has 0 aliphatic rings. The highest BCUT2D eigenvalue weighted by Gasteiger charge is 2.18. The highest BCUT2D eigenvalue weighted by atomic mass is 19.1. The number of aliphatic carboxylic acids is 1. The molecule has 0 aliphatic heterocycles. The summed E-state index contributed by atoms with van der Waals surface area (Å²) in [5, 5.41) is 11.2. The fourth-order valence-electron chi connectivity index (χ4n) is 1.44. The summed E-state index contributed by atoms with van der Waals surface area (Å²) in [7, 11) is 0. The number of carbonyl (C=O) groups excluding carboxylic acids is 1. The predicted octanol–water partition coefficient (Wildman–Crippen LogP) is 2.25. The number of carbonyl (C=O) groups is 2. The number of halogens is 1. The van der Waals surface area contributed by atoms with Crippen molar-refractivity contribution in [2.75, 3.05) is 6.61 Å². The molecule has 1 atom stereocenters. The Morgan fingerprint density at radius 3 is 2.58 bits per heavy atom. The van der Waals surface area contributed by atoms with Gasteiger partial charge in [0.2, 0.25) is 0 Å². The molecule has 1 amide bonds. The molecular weight excluding hydrogens is 253 g/mol. The minimum absolute atomic E-state index is 0.0229. The van der Waals surface area contributed by atoms with Crippen molar-refractivity contribution in [1.29, 1.82) is 0 Å². The zero-order chi connectivity index (χ0) is 14.3. The van der Waals surface area contributed by atoms with E-state index in [1.165, 1.54) is 30.3 Å². The van der Waals surface area contributed by atoms with E-state index in [1.54, 1.807) is 0 Å². The van der Waals surface area contributed by atoms with Gasteiger partial charge in [-0.3, -0.25) is 4.79 Å². The van der Waals surface area contributed by atoms with Crippen LogP contribution in [-0.4, -0.2) is 23.8 Å². The third-order valence-electron chi connectivity index (χ3n) is 2.28. The van der Waals surface area contributed by atoms with E-state index in [9.17, 15) is 14.0 Å². The van der Waals surface area contributed by atoms with Crippen LogP contribution >= 0.6 is 0 Å². The van der Waals surface area contributed by atoms with Crippen LogP contribution in [0.1, 0.15) is 18.0 Å². The fourth-order valence-corrected chi connectivity index (χ4v) is 1.44. The monoisotopic (exact) mass is 267 g/mol. The van der Waals surface area contributed by atoms with Crippen molar-refractivity contribution in [3.05, 3.63) is 48.3 Å². The Balaban J connectivity index is 2.76. The van der Waals surface area contributed by atoms with Crippen LogP contribution in [0.25, 0.3) is 0 Å². The van der Waals surface area contributed by atoms with Crippen molar-refractivity contribution in [2.24, 2.45) is 0 Å². The van der Waals surface area contributed by atoms with Gasteiger partial charge in [-0.15, -0.1) is 0 Å². The van der Waals surface area contributed by atoms with E-state index >= 15 is 0 Å². The molecule has 0 aromatic heterocycles. The van der Waals surface area contributed by atoms with Crippen LogP contribution in [0, 0.1) is 5.82 Å². The average molecular weight is 267 g/mol. The van der Waals surface area contributed by atoms with Gasteiger partial charge in [0.1, 0.15) is 12.4 Å². The average Bonchev–Trinajstić information content (AvgIpc) is 2.36. The molecule has 1 rings (SSSR count). The van der Waals surface area contributed by atoms with Crippen molar-refractivity contribution < 1.29 is 23.8 Å². The van der Waals surface area contributed by atoms with Gasteiger partial charge >= 0.3 is 12.1 Å². The van der Waals surface area contributed by atoms with Crippen LogP contribution in [0.4, 0.5) is 9.18 Å². The molecule has 2 N–H and O–H groups in total. The largest absolute Gasteiger partial charge is 0.481 e. The second-order valence-corrected chi connectivity index (χ2v) is 3.73. The Labute approximate surface area is 109 Å². The number of hydrogen-bond donors (Lipinski definition) is 2. The number of carboxylic acids is 1. The molecule has 0 saturated carbocycles. The standard InChI is InChI=1S/C13H14FNO4/c1-2-7-19-13(18)15-11(8-12(16)17)9-3-5-10(14)6-4-9/h2-6,11H,1,7-8H2,(H,15,18)(H,16,17)/t11-/m1/s1. The quantitative estimate of drug-likeness (QED) is 0.775. The number of benzene rings is 1. The maximum absolute atomic E-state index is 12.8. The number of hydrogen-bond acceptors (Lipinski definition) is 3. The third kappa shape index (κ3) is 5.20. The van der Waals surface area contributed by atoms with Gasteiger partial charge in [0.15, 0.2) is 0 Å². The summed E-state index contributed by atoms with van der Waals surface area (Å²) in [6.07, 6.45) is 0.314. The second kappa shape index (κ2) is 7.15. The maximum atomic E-state index is 12.8. The molecule has 0 unspecified atom stereocenters. The molecule has 0 aliphatic carbocycles. The van der Waals surface area contributed by atoms with Crippen molar-refractivity contribution in [3.8, 4) is 0 Å². The Hall–Kier alpha value is -2.37. The van der Waals surface area contributed by atoms with Gasteiger partial charge in [-0.05, 0) is 17.7 Å². The molecule has 0 bridgehead atoms. The van der Waals surface area contributed by atoms with E-state index in [1.807, 2.05) is 0 Å².